The number of anilines is 2. The van der Waals surface area contributed by atoms with Gasteiger partial charge in [-0.3, -0.25) is 19.3 Å². The highest BCUT2D eigenvalue weighted by molar-refractivity contribution is 6.31. The maximum Gasteiger partial charge on any atom is 0.275 e. The minimum absolute atomic E-state index is 0.0908. The number of benzene rings is 1. The number of alkyl halides is 2. The van der Waals surface area contributed by atoms with E-state index >= 15 is 0 Å². The summed E-state index contributed by atoms with van der Waals surface area (Å²) in [6.45, 7) is 1.98. The van der Waals surface area contributed by atoms with Gasteiger partial charge in [-0.25, -0.2) is 28.1 Å². The molecule has 1 aromatic carbocycles. The van der Waals surface area contributed by atoms with Crippen molar-refractivity contribution in [1.82, 2.24) is 34.6 Å². The molecule has 3 heterocycles. The molecule has 0 fully saturated rings. The Kier molecular flexibility index (Phi) is 8.81. The number of rotatable bonds is 9. The first-order valence-corrected chi connectivity index (χ1v) is 12.5. The lowest BCUT2D eigenvalue weighted by Crippen LogP contribution is -2.35. The molecule has 0 aliphatic rings. The van der Waals surface area contributed by atoms with E-state index in [4.69, 9.17) is 11.6 Å². The molecule has 0 radical (unpaired) electrons. The molecule has 15 heteroatoms. The van der Waals surface area contributed by atoms with Gasteiger partial charge in [-0.2, -0.15) is 5.10 Å². The predicted octanol–water partition coefficient (Wildman–Crippen LogP) is 4.25. The van der Waals surface area contributed by atoms with Gasteiger partial charge in [0, 0.05) is 56.4 Å². The molecule has 11 nitrogen and oxygen atoms in total. The van der Waals surface area contributed by atoms with Crippen molar-refractivity contribution in [1.29, 1.82) is 0 Å². The first-order valence-electron chi connectivity index (χ1n) is 12.1. The Morgan fingerprint density at radius 2 is 1.78 bits per heavy atom. The van der Waals surface area contributed by atoms with Crippen LogP contribution in [0.15, 0.2) is 49.3 Å². The SMILES string of the molecule is CC(c1cnc(N(C)CC(=O)N(C)C)nc1)n1cc(NC(=O)c2cncc(-c3c(C(F)F)ccc(Cl)c3F)n2)cn1. The third kappa shape index (κ3) is 6.60. The normalized spacial score (nSPS) is 11.8. The highest BCUT2D eigenvalue weighted by atomic mass is 35.5. The Hall–Kier alpha value is -4.59. The molecule has 214 valence electrons. The number of aromatic nitrogens is 6. The van der Waals surface area contributed by atoms with Crippen LogP contribution in [-0.4, -0.2) is 74.1 Å². The third-order valence-electron chi connectivity index (χ3n) is 6.09. The van der Waals surface area contributed by atoms with Gasteiger partial charge < -0.3 is 15.1 Å². The van der Waals surface area contributed by atoms with Crippen LogP contribution in [0.4, 0.5) is 24.8 Å². The number of nitrogens with one attached hydrogen (secondary N) is 1. The summed E-state index contributed by atoms with van der Waals surface area (Å²) in [7, 11) is 5.05. The Morgan fingerprint density at radius 1 is 1.07 bits per heavy atom. The summed E-state index contributed by atoms with van der Waals surface area (Å²) < 4.78 is 43.3. The summed E-state index contributed by atoms with van der Waals surface area (Å²) in [6, 6.07) is 1.71. The van der Waals surface area contributed by atoms with Crippen LogP contribution in [0, 0.1) is 5.82 Å². The Labute approximate surface area is 238 Å². The minimum Gasteiger partial charge on any atom is -0.347 e. The number of hydrogen-bond acceptors (Lipinski definition) is 8. The summed E-state index contributed by atoms with van der Waals surface area (Å²) in [5.41, 5.74) is -0.615. The van der Waals surface area contributed by atoms with E-state index in [-0.39, 0.29) is 34.9 Å². The molecule has 3 aromatic heterocycles. The highest BCUT2D eigenvalue weighted by Gasteiger charge is 2.23. The van der Waals surface area contributed by atoms with Crippen molar-refractivity contribution < 1.29 is 22.8 Å². The molecule has 1 atom stereocenters. The lowest BCUT2D eigenvalue weighted by Gasteiger charge is -2.19. The van der Waals surface area contributed by atoms with Crippen LogP contribution in [-0.2, 0) is 4.79 Å². The number of hydrogen-bond donors (Lipinski definition) is 1. The van der Waals surface area contributed by atoms with Gasteiger partial charge >= 0.3 is 0 Å². The van der Waals surface area contributed by atoms with E-state index in [0.29, 0.717) is 11.6 Å². The molecule has 41 heavy (non-hydrogen) atoms. The second kappa shape index (κ2) is 12.3. The standard InChI is InChI=1S/C26H25ClF3N9O2/c1-14(15-7-32-26(33-8-15)38(4)13-21(40)37(2)3)39-12-16(9-34-39)35-25(41)20-11-31-10-19(36-20)22-17(24(29)30)5-6-18(27)23(22)28/h5-12,14,24H,13H2,1-4H3,(H,35,41). The van der Waals surface area contributed by atoms with Crippen molar-refractivity contribution >= 4 is 35.1 Å². The fourth-order valence-corrected chi connectivity index (χ4v) is 3.88. The van der Waals surface area contributed by atoms with Crippen molar-refractivity contribution in [3.05, 3.63) is 77.0 Å². The number of carbonyl (C=O) groups excluding carboxylic acids is 2. The topological polar surface area (TPSA) is 122 Å². The van der Waals surface area contributed by atoms with Gasteiger partial charge in [0.25, 0.3) is 12.3 Å². The monoisotopic (exact) mass is 587 g/mol. The van der Waals surface area contributed by atoms with Crippen molar-refractivity contribution in [2.24, 2.45) is 0 Å². The van der Waals surface area contributed by atoms with E-state index in [1.54, 1.807) is 49.3 Å². The molecule has 0 saturated carbocycles. The van der Waals surface area contributed by atoms with Gasteiger partial charge in [0.15, 0.2) is 5.82 Å². The van der Waals surface area contributed by atoms with Gasteiger partial charge in [0.2, 0.25) is 11.9 Å². The van der Waals surface area contributed by atoms with Crippen molar-refractivity contribution in [2.45, 2.75) is 19.4 Å². The first kappa shape index (κ1) is 29.4. The second-order valence-corrected chi connectivity index (χ2v) is 9.62. The van der Waals surface area contributed by atoms with Gasteiger partial charge in [-0.15, -0.1) is 0 Å². The number of nitrogens with zero attached hydrogens (tertiary/aromatic N) is 8. The quantitative estimate of drug-likeness (QED) is 0.308. The van der Waals surface area contributed by atoms with E-state index in [9.17, 15) is 22.8 Å². The fraction of sp³-hybridized carbons (Fsp3) is 0.269. The molecule has 0 aliphatic carbocycles. The summed E-state index contributed by atoms with van der Waals surface area (Å²) in [4.78, 5) is 44.5. The van der Waals surface area contributed by atoms with Gasteiger partial charge in [-0.1, -0.05) is 17.7 Å². The van der Waals surface area contributed by atoms with Crippen molar-refractivity contribution in [3.63, 3.8) is 0 Å². The lowest BCUT2D eigenvalue weighted by molar-refractivity contribution is -0.127. The molecule has 0 aliphatic heterocycles. The largest absolute Gasteiger partial charge is 0.347 e. The zero-order chi connectivity index (χ0) is 29.8. The summed E-state index contributed by atoms with van der Waals surface area (Å²) >= 11 is 5.79. The summed E-state index contributed by atoms with van der Waals surface area (Å²) in [5, 5.41) is 6.52. The van der Waals surface area contributed by atoms with E-state index < -0.39 is 29.3 Å². The van der Waals surface area contributed by atoms with E-state index in [1.165, 1.54) is 11.1 Å². The first-order chi connectivity index (χ1) is 19.5. The maximum absolute atomic E-state index is 14.7. The molecule has 4 rings (SSSR count). The number of carbonyl (C=O) groups is 2. The van der Waals surface area contributed by atoms with Gasteiger partial charge in [0.1, 0.15) is 5.69 Å². The lowest BCUT2D eigenvalue weighted by atomic mass is 10.0. The zero-order valence-corrected chi connectivity index (χ0v) is 23.1. The van der Waals surface area contributed by atoms with Crippen LogP contribution < -0.4 is 10.2 Å². The van der Waals surface area contributed by atoms with E-state index in [1.807, 2.05) is 6.92 Å². The van der Waals surface area contributed by atoms with Crippen molar-refractivity contribution in [2.75, 3.05) is 37.9 Å². The van der Waals surface area contributed by atoms with Crippen LogP contribution in [0.5, 0.6) is 0 Å². The molecular weight excluding hydrogens is 563 g/mol. The summed E-state index contributed by atoms with van der Waals surface area (Å²) in [6.07, 6.45) is 5.41. The minimum atomic E-state index is -3.00. The van der Waals surface area contributed by atoms with Crippen LogP contribution in [0.25, 0.3) is 11.3 Å². The Morgan fingerprint density at radius 3 is 2.44 bits per heavy atom. The smallest absolute Gasteiger partial charge is 0.275 e. The van der Waals surface area contributed by atoms with Crippen LogP contribution in [0.3, 0.4) is 0 Å². The molecule has 2 amide bonds. The van der Waals surface area contributed by atoms with Crippen LogP contribution in [0.1, 0.15) is 41.0 Å². The highest BCUT2D eigenvalue weighted by Crippen LogP contribution is 2.35. The Bertz CT molecular complexity index is 1560. The zero-order valence-electron chi connectivity index (χ0n) is 22.4. The number of likely N-dealkylation sites (N-methyl/N-ethyl adjacent to an activating group) is 2. The number of halogens is 4. The van der Waals surface area contributed by atoms with Gasteiger partial charge in [0.05, 0.1) is 47.6 Å². The average molecular weight is 588 g/mol. The van der Waals surface area contributed by atoms with E-state index in [0.717, 1.165) is 30.1 Å². The van der Waals surface area contributed by atoms with E-state index in [2.05, 4.69) is 30.4 Å². The maximum atomic E-state index is 14.7. The molecule has 1 N–H and O–H groups in total. The molecule has 1 unspecified atom stereocenters. The van der Waals surface area contributed by atoms with Crippen LogP contribution >= 0.6 is 11.6 Å². The summed E-state index contributed by atoms with van der Waals surface area (Å²) in [5.74, 6) is -1.51. The fourth-order valence-electron chi connectivity index (χ4n) is 3.72. The number of amides is 2. The predicted molar refractivity (Wildman–Crippen MR) is 145 cm³/mol. The molecule has 0 saturated heterocycles. The second-order valence-electron chi connectivity index (χ2n) is 9.22. The molecular formula is C26H25ClF3N9O2. The Balaban J connectivity index is 1.47. The van der Waals surface area contributed by atoms with Gasteiger partial charge in [-0.05, 0) is 13.0 Å². The van der Waals surface area contributed by atoms with Crippen molar-refractivity contribution in [3.8, 4) is 11.3 Å². The van der Waals surface area contributed by atoms with Crippen LogP contribution in [0.2, 0.25) is 5.02 Å². The molecule has 0 bridgehead atoms. The molecule has 0 spiro atoms. The third-order valence-corrected chi connectivity index (χ3v) is 6.39. The average Bonchev–Trinajstić information content (AvgIpc) is 3.42. The molecule has 4 aromatic rings.